The number of nitrogens with zero attached hydrogens (tertiary/aromatic N) is 4. The van der Waals surface area contributed by atoms with Crippen molar-refractivity contribution < 1.29 is 9.53 Å². The van der Waals surface area contributed by atoms with Gasteiger partial charge in [0.25, 0.3) is 0 Å². The van der Waals surface area contributed by atoms with Gasteiger partial charge in [-0.1, -0.05) is 12.1 Å². The van der Waals surface area contributed by atoms with Crippen LogP contribution in [0.3, 0.4) is 0 Å². The maximum absolute atomic E-state index is 12.6. The van der Waals surface area contributed by atoms with Crippen LogP contribution in [0.2, 0.25) is 0 Å². The summed E-state index contributed by atoms with van der Waals surface area (Å²) in [6.07, 6.45) is 5.78. The van der Waals surface area contributed by atoms with Crippen molar-refractivity contribution in [3.05, 3.63) is 53.5 Å². The van der Waals surface area contributed by atoms with E-state index in [1.807, 2.05) is 19.2 Å². The second kappa shape index (κ2) is 11.4. The van der Waals surface area contributed by atoms with Gasteiger partial charge in [-0.15, -0.1) is 0 Å². The molecule has 0 radical (unpaired) electrons. The molecule has 3 heterocycles. The van der Waals surface area contributed by atoms with Crippen LogP contribution >= 0.6 is 0 Å². The summed E-state index contributed by atoms with van der Waals surface area (Å²) in [5, 5.41) is 6.83. The average molecular weight is 491 g/mol. The van der Waals surface area contributed by atoms with Gasteiger partial charge in [0.1, 0.15) is 11.3 Å². The first-order chi connectivity index (χ1) is 17.6. The molecule has 8 heteroatoms. The molecule has 2 aromatic heterocycles. The second-order valence-electron chi connectivity index (χ2n) is 10.2. The summed E-state index contributed by atoms with van der Waals surface area (Å²) in [6.45, 7) is 10.0. The van der Waals surface area contributed by atoms with Crippen molar-refractivity contribution in [3.63, 3.8) is 0 Å². The quantitative estimate of drug-likeness (QED) is 0.503. The Morgan fingerprint density at radius 2 is 1.81 bits per heavy atom. The van der Waals surface area contributed by atoms with E-state index in [-0.39, 0.29) is 11.8 Å². The number of aromatic nitrogens is 3. The fourth-order valence-electron chi connectivity index (χ4n) is 5.37. The molecule has 1 amide bonds. The van der Waals surface area contributed by atoms with Gasteiger partial charge < -0.3 is 19.9 Å². The number of carbonyl (C=O) groups is 1. The molecule has 0 bridgehead atoms. The Kier molecular flexibility index (Phi) is 7.82. The molecule has 0 atom stereocenters. The maximum atomic E-state index is 12.6. The zero-order valence-electron chi connectivity index (χ0n) is 21.5. The van der Waals surface area contributed by atoms with E-state index in [2.05, 4.69) is 56.3 Å². The largest absolute Gasteiger partial charge is 0.382 e. The first kappa shape index (κ1) is 24.7. The molecule has 1 saturated carbocycles. The monoisotopic (exact) mass is 490 g/mol. The Morgan fingerprint density at radius 3 is 2.56 bits per heavy atom. The Labute approximate surface area is 213 Å². The molecule has 2 aliphatic rings. The van der Waals surface area contributed by atoms with Gasteiger partial charge in [0, 0.05) is 50.0 Å². The lowest BCUT2D eigenvalue weighted by atomic mass is 9.85. The zero-order chi connectivity index (χ0) is 24.9. The van der Waals surface area contributed by atoms with Gasteiger partial charge in [-0.25, -0.2) is 9.97 Å². The third kappa shape index (κ3) is 5.87. The summed E-state index contributed by atoms with van der Waals surface area (Å²) in [5.74, 6) is 1.34. The minimum absolute atomic E-state index is 0.139. The number of fused-ring (bicyclic) bond motifs is 1. The minimum atomic E-state index is 0.139. The smallest absolute Gasteiger partial charge is 0.223 e. The minimum Gasteiger partial charge on any atom is -0.382 e. The molecule has 8 nitrogen and oxygen atoms in total. The second-order valence-corrected chi connectivity index (χ2v) is 10.2. The lowest BCUT2D eigenvalue weighted by Gasteiger charge is -2.30. The number of nitrogens with one attached hydrogen (secondary N) is 2. The van der Waals surface area contributed by atoms with Gasteiger partial charge in [-0.2, -0.15) is 0 Å². The Bertz CT molecular complexity index is 1160. The van der Waals surface area contributed by atoms with Crippen LogP contribution in [0.4, 0.5) is 5.69 Å². The predicted octanol–water partition coefficient (Wildman–Crippen LogP) is 3.52. The van der Waals surface area contributed by atoms with E-state index in [0.717, 1.165) is 99.9 Å². The molecule has 0 spiro atoms. The van der Waals surface area contributed by atoms with Crippen LogP contribution in [-0.4, -0.2) is 70.8 Å². The molecular formula is C28H38N6O2. The van der Waals surface area contributed by atoms with Crippen LogP contribution < -0.4 is 10.6 Å². The fourth-order valence-corrected chi connectivity index (χ4v) is 5.37. The molecule has 5 rings (SSSR count). The number of hydrogen-bond acceptors (Lipinski definition) is 6. The summed E-state index contributed by atoms with van der Waals surface area (Å²) in [7, 11) is 0. The molecule has 1 aliphatic carbocycles. The van der Waals surface area contributed by atoms with E-state index in [1.54, 1.807) is 0 Å². The number of hydrogen-bond donors (Lipinski definition) is 2. The van der Waals surface area contributed by atoms with Gasteiger partial charge in [0.05, 0.1) is 19.8 Å². The summed E-state index contributed by atoms with van der Waals surface area (Å²) < 4.78 is 7.56. The molecule has 1 aromatic carbocycles. The lowest BCUT2D eigenvalue weighted by Crippen LogP contribution is -2.43. The normalized spacial score (nSPS) is 20.9. The van der Waals surface area contributed by atoms with E-state index >= 15 is 0 Å². The Morgan fingerprint density at radius 1 is 1.06 bits per heavy atom. The van der Waals surface area contributed by atoms with Crippen molar-refractivity contribution in [1.82, 2.24) is 24.8 Å². The van der Waals surface area contributed by atoms with E-state index in [0.29, 0.717) is 6.04 Å². The van der Waals surface area contributed by atoms with Gasteiger partial charge in [0.15, 0.2) is 5.65 Å². The molecule has 192 valence electrons. The molecule has 1 saturated heterocycles. The Balaban J connectivity index is 1.08. The van der Waals surface area contributed by atoms with Crippen molar-refractivity contribution in [1.29, 1.82) is 0 Å². The van der Waals surface area contributed by atoms with Crippen molar-refractivity contribution in [2.75, 3.05) is 44.7 Å². The lowest BCUT2D eigenvalue weighted by molar-refractivity contribution is -0.126. The zero-order valence-corrected chi connectivity index (χ0v) is 21.5. The molecular weight excluding hydrogens is 452 g/mol. The van der Waals surface area contributed by atoms with Gasteiger partial charge in [-0.3, -0.25) is 9.69 Å². The molecule has 2 fully saturated rings. The molecule has 3 aromatic rings. The van der Waals surface area contributed by atoms with Crippen LogP contribution in [0.1, 0.15) is 42.6 Å². The SMILES string of the molecule is Cc1ccnc2c1nc(C)n2Cc1ccc(NC2CCC(C(=O)NCCN3CCOCC3)CC2)cc1. The number of anilines is 1. The third-order valence-electron chi connectivity index (χ3n) is 7.62. The van der Waals surface area contributed by atoms with Crippen LogP contribution in [0.5, 0.6) is 0 Å². The summed E-state index contributed by atoms with van der Waals surface area (Å²) >= 11 is 0. The van der Waals surface area contributed by atoms with E-state index in [9.17, 15) is 4.79 Å². The standard InChI is InChI=1S/C28H38N6O2/c1-20-11-12-29-27-26(20)31-21(2)34(27)19-22-3-7-24(8-4-22)32-25-9-5-23(6-10-25)28(35)30-13-14-33-15-17-36-18-16-33/h3-4,7-8,11-12,23,25,32H,5-6,9-10,13-19H2,1-2H3,(H,30,35). The highest BCUT2D eigenvalue weighted by atomic mass is 16.5. The number of amides is 1. The number of benzene rings is 1. The molecule has 1 aliphatic heterocycles. The highest BCUT2D eigenvalue weighted by Gasteiger charge is 2.26. The van der Waals surface area contributed by atoms with E-state index in [4.69, 9.17) is 9.72 Å². The molecule has 0 unspecified atom stereocenters. The highest BCUT2D eigenvalue weighted by Crippen LogP contribution is 2.27. The van der Waals surface area contributed by atoms with Gasteiger partial charge in [-0.05, 0) is 68.9 Å². The fraction of sp³-hybridized carbons (Fsp3) is 0.536. The number of rotatable bonds is 8. The number of aryl methyl sites for hydroxylation is 2. The first-order valence-corrected chi connectivity index (χ1v) is 13.3. The summed E-state index contributed by atoms with van der Waals surface area (Å²) in [6, 6.07) is 11.1. The third-order valence-corrected chi connectivity index (χ3v) is 7.62. The van der Waals surface area contributed by atoms with Gasteiger partial charge in [0.2, 0.25) is 5.91 Å². The number of pyridine rings is 1. The Hall–Kier alpha value is -2.97. The van der Waals surface area contributed by atoms with Crippen LogP contribution in [0, 0.1) is 19.8 Å². The number of morpholine rings is 1. The van der Waals surface area contributed by atoms with Crippen LogP contribution in [-0.2, 0) is 16.1 Å². The van der Waals surface area contributed by atoms with Crippen molar-refractivity contribution in [2.24, 2.45) is 5.92 Å². The van der Waals surface area contributed by atoms with E-state index < -0.39 is 0 Å². The number of carbonyl (C=O) groups excluding carboxylic acids is 1. The maximum Gasteiger partial charge on any atom is 0.223 e. The van der Waals surface area contributed by atoms with Crippen molar-refractivity contribution in [2.45, 2.75) is 52.1 Å². The topological polar surface area (TPSA) is 84.3 Å². The number of ether oxygens (including phenoxy) is 1. The number of imidazole rings is 1. The van der Waals surface area contributed by atoms with Crippen LogP contribution in [0.25, 0.3) is 11.2 Å². The molecule has 36 heavy (non-hydrogen) atoms. The van der Waals surface area contributed by atoms with Gasteiger partial charge >= 0.3 is 0 Å². The summed E-state index contributed by atoms with van der Waals surface area (Å²) in [4.78, 5) is 24.2. The molecule has 2 N–H and O–H groups in total. The first-order valence-electron chi connectivity index (χ1n) is 13.3. The van der Waals surface area contributed by atoms with Crippen LogP contribution in [0.15, 0.2) is 36.5 Å². The predicted molar refractivity (Wildman–Crippen MR) is 142 cm³/mol. The summed E-state index contributed by atoms with van der Waals surface area (Å²) in [5.41, 5.74) is 5.44. The highest BCUT2D eigenvalue weighted by molar-refractivity contribution is 5.78. The van der Waals surface area contributed by atoms with Crippen molar-refractivity contribution >= 4 is 22.8 Å². The average Bonchev–Trinajstić information content (AvgIpc) is 3.22. The van der Waals surface area contributed by atoms with E-state index in [1.165, 1.54) is 5.56 Å². The van der Waals surface area contributed by atoms with Crippen molar-refractivity contribution in [3.8, 4) is 0 Å².